The first-order valence-corrected chi connectivity index (χ1v) is 7.20. The zero-order valence-electron chi connectivity index (χ0n) is 11.3. The van der Waals surface area contributed by atoms with Crippen molar-refractivity contribution in [3.63, 3.8) is 0 Å². The predicted octanol–water partition coefficient (Wildman–Crippen LogP) is 2.33. The first-order chi connectivity index (χ1) is 9.88. The monoisotopic (exact) mass is 267 g/mol. The molecule has 1 aromatic carbocycles. The van der Waals surface area contributed by atoms with E-state index in [1.807, 2.05) is 18.3 Å². The van der Waals surface area contributed by atoms with Crippen LogP contribution in [0.3, 0.4) is 0 Å². The number of rotatable bonds is 4. The Kier molecular flexibility index (Phi) is 2.89. The largest absolute Gasteiger partial charge is 0.493 e. The number of aromatic nitrogens is 2. The third-order valence-corrected chi connectivity index (χ3v) is 3.82. The van der Waals surface area contributed by atoms with E-state index < -0.39 is 0 Å². The molecule has 1 aliphatic heterocycles. The van der Waals surface area contributed by atoms with Gasteiger partial charge in [-0.3, -0.25) is 0 Å². The van der Waals surface area contributed by atoms with Crippen molar-refractivity contribution in [3.05, 3.63) is 41.9 Å². The molecule has 20 heavy (non-hydrogen) atoms. The van der Waals surface area contributed by atoms with Crippen molar-refractivity contribution in [3.8, 4) is 17.0 Å². The molecular weight excluding hydrogens is 250 g/mol. The highest BCUT2D eigenvalue weighted by Gasteiger charge is 2.20. The van der Waals surface area contributed by atoms with Gasteiger partial charge in [-0.1, -0.05) is 0 Å². The van der Waals surface area contributed by atoms with Crippen LogP contribution in [0.4, 0.5) is 0 Å². The van der Waals surface area contributed by atoms with Crippen LogP contribution in [0.1, 0.15) is 24.2 Å². The van der Waals surface area contributed by atoms with Crippen molar-refractivity contribution >= 4 is 0 Å². The lowest BCUT2D eigenvalue weighted by molar-refractivity contribution is 0.357. The summed E-state index contributed by atoms with van der Waals surface area (Å²) in [5.41, 5.74) is 3.41. The Morgan fingerprint density at radius 3 is 3.10 bits per heavy atom. The van der Waals surface area contributed by atoms with Crippen LogP contribution >= 0.6 is 0 Å². The molecule has 0 atom stereocenters. The van der Waals surface area contributed by atoms with Gasteiger partial charge in [-0.2, -0.15) is 0 Å². The minimum Gasteiger partial charge on any atom is -0.493 e. The maximum atomic E-state index is 5.54. The fourth-order valence-corrected chi connectivity index (χ4v) is 2.51. The second-order valence-electron chi connectivity index (χ2n) is 5.43. The van der Waals surface area contributed by atoms with Crippen LogP contribution in [0.2, 0.25) is 0 Å². The van der Waals surface area contributed by atoms with Crippen LogP contribution in [0, 0.1) is 0 Å². The molecule has 1 N–H and O–H groups in total. The Morgan fingerprint density at radius 1 is 1.25 bits per heavy atom. The molecule has 4 nitrogen and oxygen atoms in total. The minimum atomic E-state index is 0.680. The Labute approximate surface area is 118 Å². The van der Waals surface area contributed by atoms with Crippen LogP contribution in [0.25, 0.3) is 11.3 Å². The van der Waals surface area contributed by atoms with Crippen LogP contribution in [-0.4, -0.2) is 22.6 Å². The van der Waals surface area contributed by atoms with Gasteiger partial charge < -0.3 is 10.1 Å². The molecule has 4 rings (SSSR count). The van der Waals surface area contributed by atoms with Gasteiger partial charge in [-0.25, -0.2) is 9.97 Å². The van der Waals surface area contributed by atoms with Gasteiger partial charge in [-0.05, 0) is 42.7 Å². The van der Waals surface area contributed by atoms with Crippen LogP contribution in [0.5, 0.6) is 5.75 Å². The summed E-state index contributed by atoms with van der Waals surface area (Å²) in [5, 5.41) is 3.45. The van der Waals surface area contributed by atoms with Gasteiger partial charge in [0.2, 0.25) is 0 Å². The molecular formula is C16H17N3O. The Balaban J connectivity index is 1.58. The molecule has 2 aromatic rings. The molecule has 1 saturated carbocycles. The summed E-state index contributed by atoms with van der Waals surface area (Å²) in [6.45, 7) is 1.55. The van der Waals surface area contributed by atoms with Gasteiger partial charge in [-0.15, -0.1) is 0 Å². The molecule has 0 saturated heterocycles. The summed E-state index contributed by atoms with van der Waals surface area (Å²) in [7, 11) is 0. The maximum absolute atomic E-state index is 5.54. The highest BCUT2D eigenvalue weighted by Crippen LogP contribution is 2.29. The average Bonchev–Trinajstić information content (AvgIpc) is 3.20. The molecule has 1 aliphatic carbocycles. The van der Waals surface area contributed by atoms with Crippen molar-refractivity contribution < 1.29 is 4.74 Å². The van der Waals surface area contributed by atoms with E-state index in [1.165, 1.54) is 18.4 Å². The molecule has 102 valence electrons. The number of nitrogens with one attached hydrogen (secondary N) is 1. The highest BCUT2D eigenvalue weighted by atomic mass is 16.5. The SMILES string of the molecule is c1cc(-c2ccc3c(c2)CCO3)nc(CNC2CC2)n1. The summed E-state index contributed by atoms with van der Waals surface area (Å²) >= 11 is 0. The highest BCUT2D eigenvalue weighted by molar-refractivity contribution is 5.62. The molecule has 2 aliphatic rings. The molecule has 0 spiro atoms. The fourth-order valence-electron chi connectivity index (χ4n) is 2.51. The van der Waals surface area contributed by atoms with Crippen LogP contribution < -0.4 is 10.1 Å². The Hall–Kier alpha value is -1.94. The first kappa shape index (κ1) is 11.9. The lowest BCUT2D eigenvalue weighted by Gasteiger charge is -2.06. The van der Waals surface area contributed by atoms with E-state index >= 15 is 0 Å². The maximum Gasteiger partial charge on any atom is 0.142 e. The standard InChI is InChI=1S/C16H17N3O/c1-4-15-12(6-8-20-15)9-11(1)14-5-7-17-16(19-14)10-18-13-2-3-13/h1,4-5,7,9,13,18H,2-3,6,8,10H2. The molecule has 4 heteroatoms. The zero-order chi connectivity index (χ0) is 13.4. The first-order valence-electron chi connectivity index (χ1n) is 7.20. The smallest absolute Gasteiger partial charge is 0.142 e. The lowest BCUT2D eigenvalue weighted by Crippen LogP contribution is -2.17. The number of hydrogen-bond donors (Lipinski definition) is 1. The lowest BCUT2D eigenvalue weighted by atomic mass is 10.1. The molecule has 0 radical (unpaired) electrons. The molecule has 2 heterocycles. The molecule has 1 fully saturated rings. The van der Waals surface area contributed by atoms with E-state index in [2.05, 4.69) is 27.4 Å². The van der Waals surface area contributed by atoms with E-state index in [-0.39, 0.29) is 0 Å². The average molecular weight is 267 g/mol. The second-order valence-corrected chi connectivity index (χ2v) is 5.43. The minimum absolute atomic E-state index is 0.680. The van der Waals surface area contributed by atoms with Crippen LogP contribution in [0.15, 0.2) is 30.5 Å². The van der Waals surface area contributed by atoms with Gasteiger partial charge in [0, 0.05) is 24.2 Å². The van der Waals surface area contributed by atoms with E-state index in [4.69, 9.17) is 4.74 Å². The summed E-state index contributed by atoms with van der Waals surface area (Å²) in [6, 6.07) is 8.95. The van der Waals surface area contributed by atoms with Gasteiger partial charge in [0.05, 0.1) is 18.8 Å². The number of nitrogens with zero attached hydrogens (tertiary/aromatic N) is 2. The topological polar surface area (TPSA) is 47.0 Å². The van der Waals surface area contributed by atoms with Gasteiger partial charge in [0.1, 0.15) is 11.6 Å². The van der Waals surface area contributed by atoms with Crippen molar-refractivity contribution in [1.29, 1.82) is 0 Å². The van der Waals surface area contributed by atoms with Crippen molar-refractivity contribution in [2.45, 2.75) is 31.8 Å². The van der Waals surface area contributed by atoms with E-state index in [0.29, 0.717) is 6.04 Å². The Bertz CT molecular complexity index is 637. The van der Waals surface area contributed by atoms with Crippen molar-refractivity contribution in [2.75, 3.05) is 6.61 Å². The zero-order valence-corrected chi connectivity index (χ0v) is 11.3. The number of ether oxygens (including phenoxy) is 1. The number of hydrogen-bond acceptors (Lipinski definition) is 4. The fraction of sp³-hybridized carbons (Fsp3) is 0.375. The third-order valence-electron chi connectivity index (χ3n) is 3.82. The van der Waals surface area contributed by atoms with Crippen molar-refractivity contribution in [2.24, 2.45) is 0 Å². The molecule has 0 bridgehead atoms. The third kappa shape index (κ3) is 2.39. The van der Waals surface area contributed by atoms with Gasteiger partial charge in [0.25, 0.3) is 0 Å². The summed E-state index contributed by atoms with van der Waals surface area (Å²) < 4.78 is 5.54. The van der Waals surface area contributed by atoms with Crippen molar-refractivity contribution in [1.82, 2.24) is 15.3 Å². The van der Waals surface area contributed by atoms with E-state index in [0.717, 1.165) is 42.4 Å². The number of fused-ring (bicyclic) bond motifs is 1. The van der Waals surface area contributed by atoms with E-state index in [9.17, 15) is 0 Å². The molecule has 0 unspecified atom stereocenters. The van der Waals surface area contributed by atoms with Gasteiger partial charge in [0.15, 0.2) is 0 Å². The number of benzene rings is 1. The summed E-state index contributed by atoms with van der Waals surface area (Å²) in [6.07, 6.45) is 5.40. The summed E-state index contributed by atoms with van der Waals surface area (Å²) in [4.78, 5) is 8.99. The summed E-state index contributed by atoms with van der Waals surface area (Å²) in [5.74, 6) is 1.88. The van der Waals surface area contributed by atoms with E-state index in [1.54, 1.807) is 0 Å². The molecule has 0 amide bonds. The Morgan fingerprint density at radius 2 is 2.20 bits per heavy atom. The quantitative estimate of drug-likeness (QED) is 0.923. The van der Waals surface area contributed by atoms with Crippen LogP contribution in [-0.2, 0) is 13.0 Å². The van der Waals surface area contributed by atoms with Gasteiger partial charge >= 0.3 is 0 Å². The normalized spacial score (nSPS) is 16.8. The predicted molar refractivity (Wildman–Crippen MR) is 76.5 cm³/mol. The molecule has 1 aromatic heterocycles. The second kappa shape index (κ2) is 4.87.